The molecule has 7 heteroatoms. The number of nitrogen functional groups attached to an aromatic ring is 1. The molecule has 0 aliphatic carbocycles. The Bertz CT molecular complexity index is 484. The number of fused-ring (bicyclic) bond motifs is 1. The zero-order valence-corrected chi connectivity index (χ0v) is 8.85. The molecule has 0 aromatic heterocycles. The van der Waals surface area contributed by atoms with Crippen LogP contribution in [0, 0.1) is 0 Å². The third kappa shape index (κ3) is 2.00. The molecule has 0 fully saturated rings. The van der Waals surface area contributed by atoms with Crippen LogP contribution in [0.4, 0.5) is 30.2 Å². The van der Waals surface area contributed by atoms with Gasteiger partial charge in [0.15, 0.2) is 0 Å². The van der Waals surface area contributed by atoms with Gasteiger partial charge in [-0.25, -0.2) is 0 Å². The first-order chi connectivity index (χ1) is 7.79. The van der Waals surface area contributed by atoms with Crippen molar-refractivity contribution in [1.29, 1.82) is 0 Å². The van der Waals surface area contributed by atoms with Crippen LogP contribution in [0.15, 0.2) is 12.1 Å². The third-order valence-corrected chi connectivity index (χ3v) is 2.52. The molecule has 1 amide bonds. The molecule has 1 unspecified atom stereocenters. The van der Waals surface area contributed by atoms with E-state index in [2.05, 4.69) is 10.6 Å². The van der Waals surface area contributed by atoms with Crippen LogP contribution in [-0.4, -0.2) is 11.9 Å². The lowest BCUT2D eigenvalue weighted by Crippen LogP contribution is -2.36. The Morgan fingerprint density at radius 3 is 2.53 bits per heavy atom. The molecule has 0 spiro atoms. The largest absolute Gasteiger partial charge is 0.418 e. The Kier molecular flexibility index (Phi) is 2.41. The minimum Gasteiger partial charge on any atom is -0.398 e. The van der Waals surface area contributed by atoms with Gasteiger partial charge in [0.25, 0.3) is 0 Å². The van der Waals surface area contributed by atoms with Gasteiger partial charge >= 0.3 is 6.18 Å². The van der Waals surface area contributed by atoms with E-state index in [4.69, 9.17) is 5.73 Å². The molecule has 2 rings (SSSR count). The molecule has 0 saturated carbocycles. The number of hydrogen-bond donors (Lipinski definition) is 3. The monoisotopic (exact) mass is 245 g/mol. The Hall–Kier alpha value is -1.92. The summed E-state index contributed by atoms with van der Waals surface area (Å²) in [6.07, 6.45) is -4.53. The van der Waals surface area contributed by atoms with Crippen molar-refractivity contribution in [3.8, 4) is 0 Å². The molecule has 92 valence electrons. The van der Waals surface area contributed by atoms with Gasteiger partial charge in [-0.05, 0) is 19.1 Å². The van der Waals surface area contributed by atoms with E-state index in [1.165, 1.54) is 6.07 Å². The second-order valence-electron chi connectivity index (χ2n) is 3.84. The number of nitrogens with one attached hydrogen (secondary N) is 2. The van der Waals surface area contributed by atoms with Crippen molar-refractivity contribution in [2.75, 3.05) is 16.4 Å². The predicted molar refractivity (Wildman–Crippen MR) is 57.6 cm³/mol. The maximum atomic E-state index is 12.6. The maximum Gasteiger partial charge on any atom is 0.418 e. The summed E-state index contributed by atoms with van der Waals surface area (Å²) in [5.74, 6) is -0.379. The second kappa shape index (κ2) is 3.54. The highest BCUT2D eigenvalue weighted by Gasteiger charge is 2.35. The smallest absolute Gasteiger partial charge is 0.398 e. The van der Waals surface area contributed by atoms with Crippen molar-refractivity contribution < 1.29 is 18.0 Å². The number of benzene rings is 1. The summed E-state index contributed by atoms with van der Waals surface area (Å²) in [5.41, 5.74) is 4.50. The Morgan fingerprint density at radius 2 is 1.94 bits per heavy atom. The fraction of sp³-hybridized carbons (Fsp3) is 0.300. The minimum atomic E-state index is -4.53. The molecular weight excluding hydrogens is 235 g/mol. The van der Waals surface area contributed by atoms with Crippen molar-refractivity contribution in [3.63, 3.8) is 0 Å². The zero-order valence-electron chi connectivity index (χ0n) is 8.85. The summed E-state index contributed by atoms with van der Waals surface area (Å²) in [7, 11) is 0. The quantitative estimate of drug-likeness (QED) is 0.613. The lowest BCUT2D eigenvalue weighted by atomic mass is 10.1. The first kappa shape index (κ1) is 11.6. The number of amides is 1. The van der Waals surface area contributed by atoms with E-state index in [-0.39, 0.29) is 17.3 Å². The molecule has 4 N–H and O–H groups in total. The molecule has 0 bridgehead atoms. The average molecular weight is 245 g/mol. The zero-order chi connectivity index (χ0) is 12.8. The summed E-state index contributed by atoms with van der Waals surface area (Å²) < 4.78 is 37.7. The summed E-state index contributed by atoms with van der Waals surface area (Å²) in [4.78, 5) is 11.3. The van der Waals surface area contributed by atoms with E-state index in [9.17, 15) is 18.0 Å². The fourth-order valence-electron chi connectivity index (χ4n) is 1.62. The molecule has 1 atom stereocenters. The van der Waals surface area contributed by atoms with Gasteiger partial charge in [0, 0.05) is 5.69 Å². The van der Waals surface area contributed by atoms with Crippen molar-refractivity contribution in [2.45, 2.75) is 19.1 Å². The second-order valence-corrected chi connectivity index (χ2v) is 3.84. The molecule has 1 aromatic carbocycles. The highest BCUT2D eigenvalue weighted by atomic mass is 19.4. The van der Waals surface area contributed by atoms with E-state index in [0.29, 0.717) is 5.69 Å². The van der Waals surface area contributed by atoms with Crippen LogP contribution in [0.1, 0.15) is 12.5 Å². The maximum absolute atomic E-state index is 12.6. The average Bonchev–Trinajstić information content (AvgIpc) is 2.18. The Morgan fingerprint density at radius 1 is 1.29 bits per heavy atom. The Labute approximate surface area is 95.0 Å². The SMILES string of the molecule is CC1Nc2cc(N)c(C(F)(F)F)cc2NC1=O. The van der Waals surface area contributed by atoms with Crippen molar-refractivity contribution in [3.05, 3.63) is 17.7 Å². The predicted octanol–water partition coefficient (Wildman–Crippen LogP) is 2.04. The van der Waals surface area contributed by atoms with Crippen LogP contribution in [0.5, 0.6) is 0 Å². The number of alkyl halides is 3. The molecule has 1 heterocycles. The number of nitrogens with two attached hydrogens (primary N) is 1. The highest BCUT2D eigenvalue weighted by Crippen LogP contribution is 2.39. The minimum absolute atomic E-state index is 0.0922. The van der Waals surface area contributed by atoms with Gasteiger partial charge in [0.2, 0.25) is 5.91 Å². The molecule has 1 aliphatic rings. The van der Waals surface area contributed by atoms with Crippen LogP contribution >= 0.6 is 0 Å². The van der Waals surface area contributed by atoms with Gasteiger partial charge in [0.05, 0.1) is 16.9 Å². The van der Waals surface area contributed by atoms with Gasteiger partial charge in [-0.2, -0.15) is 13.2 Å². The number of anilines is 3. The van der Waals surface area contributed by atoms with E-state index in [1.807, 2.05) is 0 Å². The number of carbonyl (C=O) groups excluding carboxylic acids is 1. The molecule has 4 nitrogen and oxygen atoms in total. The van der Waals surface area contributed by atoms with Crippen molar-refractivity contribution in [1.82, 2.24) is 0 Å². The summed E-state index contributed by atoms with van der Waals surface area (Å²) in [5, 5.41) is 5.16. The van der Waals surface area contributed by atoms with E-state index < -0.39 is 17.8 Å². The topological polar surface area (TPSA) is 67.2 Å². The summed E-state index contributed by atoms with van der Waals surface area (Å²) >= 11 is 0. The van der Waals surface area contributed by atoms with E-state index in [1.54, 1.807) is 6.92 Å². The number of carbonyl (C=O) groups is 1. The van der Waals surface area contributed by atoms with Crippen LogP contribution in [0.25, 0.3) is 0 Å². The first-order valence-electron chi connectivity index (χ1n) is 4.87. The van der Waals surface area contributed by atoms with Gasteiger partial charge in [-0.1, -0.05) is 0 Å². The molecule has 1 aromatic rings. The van der Waals surface area contributed by atoms with Gasteiger partial charge in [-0.3, -0.25) is 4.79 Å². The molecular formula is C10H10F3N3O. The van der Waals surface area contributed by atoms with Crippen molar-refractivity contribution >= 4 is 23.0 Å². The van der Waals surface area contributed by atoms with Gasteiger partial charge < -0.3 is 16.4 Å². The standard InChI is InChI=1S/C10H10F3N3O/c1-4-9(17)16-7-2-5(10(11,12)13)6(14)3-8(7)15-4/h2-4,15H,14H2,1H3,(H,16,17). The lowest BCUT2D eigenvalue weighted by molar-refractivity contribution is -0.136. The van der Waals surface area contributed by atoms with Crippen LogP contribution in [0.2, 0.25) is 0 Å². The van der Waals surface area contributed by atoms with Crippen LogP contribution in [-0.2, 0) is 11.0 Å². The van der Waals surface area contributed by atoms with Crippen LogP contribution < -0.4 is 16.4 Å². The fourth-order valence-corrected chi connectivity index (χ4v) is 1.62. The van der Waals surface area contributed by atoms with Crippen molar-refractivity contribution in [2.24, 2.45) is 0 Å². The summed E-state index contributed by atoms with van der Waals surface area (Å²) in [6.45, 7) is 1.60. The van der Waals surface area contributed by atoms with E-state index >= 15 is 0 Å². The first-order valence-corrected chi connectivity index (χ1v) is 4.87. The van der Waals surface area contributed by atoms with Gasteiger partial charge in [-0.15, -0.1) is 0 Å². The highest BCUT2D eigenvalue weighted by molar-refractivity contribution is 6.03. The normalized spacial score (nSPS) is 19.3. The molecule has 0 saturated heterocycles. The number of hydrogen-bond acceptors (Lipinski definition) is 3. The number of halogens is 3. The summed E-state index contributed by atoms with van der Waals surface area (Å²) in [6, 6.07) is 1.51. The molecule has 1 aliphatic heterocycles. The molecule has 17 heavy (non-hydrogen) atoms. The van der Waals surface area contributed by atoms with Crippen LogP contribution in [0.3, 0.4) is 0 Å². The van der Waals surface area contributed by atoms with E-state index in [0.717, 1.165) is 6.07 Å². The molecule has 0 radical (unpaired) electrons. The third-order valence-electron chi connectivity index (χ3n) is 2.52. The lowest BCUT2D eigenvalue weighted by Gasteiger charge is -2.25. The van der Waals surface area contributed by atoms with Gasteiger partial charge in [0.1, 0.15) is 6.04 Å². The Balaban J connectivity index is 2.51. The number of rotatable bonds is 0.